The summed E-state index contributed by atoms with van der Waals surface area (Å²) in [6.45, 7) is 6.90. The minimum atomic E-state index is 0.0333. The molecule has 0 saturated heterocycles. The van der Waals surface area contributed by atoms with Gasteiger partial charge >= 0.3 is 0 Å². The van der Waals surface area contributed by atoms with Crippen molar-refractivity contribution >= 4 is 0 Å². The van der Waals surface area contributed by atoms with E-state index in [1.165, 1.54) is 5.56 Å². The van der Waals surface area contributed by atoms with Crippen molar-refractivity contribution in [2.75, 3.05) is 14.2 Å². The zero-order valence-corrected chi connectivity index (χ0v) is 13.1. The largest absolute Gasteiger partial charge is 0.497 e. The van der Waals surface area contributed by atoms with Crippen LogP contribution in [0.5, 0.6) is 5.75 Å². The number of hydrogen-bond acceptors (Lipinski definition) is 2. The van der Waals surface area contributed by atoms with Crippen LogP contribution in [0.3, 0.4) is 0 Å². The third-order valence-electron chi connectivity index (χ3n) is 4.82. The Morgan fingerprint density at radius 3 is 2.15 bits per heavy atom. The number of allylic oxidation sites excluding steroid dienone is 3. The molecule has 108 valence electrons. The maximum atomic E-state index is 5.29. The van der Waals surface area contributed by atoms with E-state index in [1.54, 1.807) is 14.2 Å². The van der Waals surface area contributed by atoms with Crippen LogP contribution < -0.4 is 4.74 Å². The van der Waals surface area contributed by atoms with Crippen LogP contribution in [0.25, 0.3) is 0 Å². The zero-order chi connectivity index (χ0) is 14.8. The molecule has 0 saturated carbocycles. The van der Waals surface area contributed by atoms with Gasteiger partial charge in [-0.2, -0.15) is 0 Å². The van der Waals surface area contributed by atoms with Gasteiger partial charge in [0.15, 0.2) is 0 Å². The Bertz CT molecular complexity index is 523. The number of benzene rings is 1. The molecule has 0 spiro atoms. The summed E-state index contributed by atoms with van der Waals surface area (Å²) in [6.07, 6.45) is 7.50. The first-order valence-corrected chi connectivity index (χ1v) is 7.01. The van der Waals surface area contributed by atoms with E-state index in [0.717, 1.165) is 17.9 Å². The highest BCUT2D eigenvalue weighted by Crippen LogP contribution is 2.47. The predicted octanol–water partition coefficient (Wildman–Crippen LogP) is 4.47. The molecule has 2 heteroatoms. The topological polar surface area (TPSA) is 18.5 Å². The van der Waals surface area contributed by atoms with E-state index in [9.17, 15) is 0 Å². The van der Waals surface area contributed by atoms with Crippen LogP contribution >= 0.6 is 0 Å². The van der Waals surface area contributed by atoms with Crippen LogP contribution in [-0.4, -0.2) is 14.2 Å². The lowest BCUT2D eigenvalue weighted by Crippen LogP contribution is -2.38. The number of hydrogen-bond donors (Lipinski definition) is 0. The van der Waals surface area contributed by atoms with Crippen molar-refractivity contribution in [1.82, 2.24) is 0 Å². The number of ether oxygens (including phenoxy) is 2. The fourth-order valence-corrected chi connectivity index (χ4v) is 2.67. The Morgan fingerprint density at radius 2 is 1.70 bits per heavy atom. The van der Waals surface area contributed by atoms with E-state index in [4.69, 9.17) is 9.47 Å². The molecule has 0 radical (unpaired) electrons. The molecule has 0 aromatic heterocycles. The van der Waals surface area contributed by atoms with Crippen LogP contribution in [0.15, 0.2) is 48.3 Å². The predicted molar refractivity (Wildman–Crippen MR) is 83.0 cm³/mol. The van der Waals surface area contributed by atoms with Crippen molar-refractivity contribution in [2.24, 2.45) is 5.41 Å². The molecule has 20 heavy (non-hydrogen) atoms. The van der Waals surface area contributed by atoms with Gasteiger partial charge in [0, 0.05) is 0 Å². The molecular weight excluding hydrogens is 248 g/mol. The Balaban J connectivity index is 2.29. The summed E-state index contributed by atoms with van der Waals surface area (Å²) < 4.78 is 10.5. The van der Waals surface area contributed by atoms with Crippen molar-refractivity contribution in [3.63, 3.8) is 0 Å². The number of rotatable bonds is 4. The van der Waals surface area contributed by atoms with E-state index in [1.807, 2.05) is 12.1 Å². The summed E-state index contributed by atoms with van der Waals surface area (Å²) in [5.41, 5.74) is 1.43. The highest BCUT2D eigenvalue weighted by atomic mass is 16.5. The number of methoxy groups -OCH3 is 2. The summed E-state index contributed by atoms with van der Waals surface area (Å²) in [5, 5.41) is 0. The maximum Gasteiger partial charge on any atom is 0.118 e. The first kappa shape index (κ1) is 14.7. The third-order valence-corrected chi connectivity index (χ3v) is 4.82. The minimum absolute atomic E-state index is 0.0333. The van der Waals surface area contributed by atoms with Gasteiger partial charge in [-0.1, -0.05) is 39.0 Å². The Kier molecular flexibility index (Phi) is 3.94. The lowest BCUT2D eigenvalue weighted by molar-refractivity contribution is 0.226. The molecule has 1 aromatic rings. The molecule has 1 aromatic carbocycles. The summed E-state index contributed by atoms with van der Waals surface area (Å²) in [6, 6.07) is 8.38. The third kappa shape index (κ3) is 2.47. The Hall–Kier alpha value is -1.70. The molecular formula is C18H24O2. The normalized spacial score (nSPS) is 22.4. The van der Waals surface area contributed by atoms with Gasteiger partial charge in [-0.25, -0.2) is 0 Å². The van der Waals surface area contributed by atoms with Crippen LogP contribution in [0.2, 0.25) is 0 Å². The SMILES string of the molecule is COC1=CCC(C)(C(C)(C)c2ccc(OC)cc2)C=C1. The second kappa shape index (κ2) is 5.35. The van der Waals surface area contributed by atoms with E-state index in [2.05, 4.69) is 51.1 Å². The molecule has 2 rings (SSSR count). The van der Waals surface area contributed by atoms with Crippen molar-refractivity contribution in [1.29, 1.82) is 0 Å². The quantitative estimate of drug-likeness (QED) is 0.805. The van der Waals surface area contributed by atoms with Crippen LogP contribution in [0.1, 0.15) is 32.8 Å². The molecule has 1 aliphatic rings. The van der Waals surface area contributed by atoms with Crippen LogP contribution in [0, 0.1) is 5.41 Å². The molecule has 2 nitrogen and oxygen atoms in total. The zero-order valence-electron chi connectivity index (χ0n) is 13.1. The summed E-state index contributed by atoms with van der Waals surface area (Å²) in [7, 11) is 3.41. The van der Waals surface area contributed by atoms with E-state index in [0.29, 0.717) is 0 Å². The Morgan fingerprint density at radius 1 is 1.05 bits per heavy atom. The first-order valence-electron chi connectivity index (χ1n) is 7.01. The van der Waals surface area contributed by atoms with Crippen molar-refractivity contribution in [3.05, 3.63) is 53.8 Å². The first-order chi connectivity index (χ1) is 9.43. The molecule has 0 fully saturated rings. The second-order valence-electron chi connectivity index (χ2n) is 6.12. The van der Waals surface area contributed by atoms with Crippen molar-refractivity contribution in [2.45, 2.75) is 32.6 Å². The monoisotopic (exact) mass is 272 g/mol. The molecule has 0 aliphatic heterocycles. The van der Waals surface area contributed by atoms with Gasteiger partial charge in [-0.05, 0) is 47.1 Å². The van der Waals surface area contributed by atoms with Gasteiger partial charge in [0.25, 0.3) is 0 Å². The average molecular weight is 272 g/mol. The van der Waals surface area contributed by atoms with Gasteiger partial charge in [-0.15, -0.1) is 0 Å². The fourth-order valence-electron chi connectivity index (χ4n) is 2.67. The maximum absolute atomic E-state index is 5.29. The minimum Gasteiger partial charge on any atom is -0.497 e. The molecule has 1 unspecified atom stereocenters. The molecule has 1 atom stereocenters. The molecule has 0 amide bonds. The Labute approximate surface area is 122 Å². The van der Waals surface area contributed by atoms with Crippen LogP contribution in [0.4, 0.5) is 0 Å². The standard InChI is InChI=1S/C18H24O2/c1-17(2,14-6-8-15(19-4)9-7-14)18(3)12-10-16(20-5)11-13-18/h6-12H,13H2,1-5H3. The summed E-state index contributed by atoms with van der Waals surface area (Å²) in [5.74, 6) is 1.85. The molecule has 0 bridgehead atoms. The van der Waals surface area contributed by atoms with Gasteiger partial charge in [-0.3, -0.25) is 0 Å². The van der Waals surface area contributed by atoms with Gasteiger partial charge in [0.1, 0.15) is 11.5 Å². The highest BCUT2D eigenvalue weighted by molar-refractivity contribution is 5.36. The molecule has 0 heterocycles. The van der Waals surface area contributed by atoms with Crippen molar-refractivity contribution < 1.29 is 9.47 Å². The lowest BCUT2D eigenvalue weighted by atomic mass is 9.60. The van der Waals surface area contributed by atoms with Gasteiger partial charge < -0.3 is 9.47 Å². The smallest absolute Gasteiger partial charge is 0.118 e. The second-order valence-corrected chi connectivity index (χ2v) is 6.12. The highest BCUT2D eigenvalue weighted by Gasteiger charge is 2.40. The summed E-state index contributed by atoms with van der Waals surface area (Å²) in [4.78, 5) is 0. The fraction of sp³-hybridized carbons (Fsp3) is 0.444. The van der Waals surface area contributed by atoms with E-state index >= 15 is 0 Å². The van der Waals surface area contributed by atoms with Gasteiger partial charge in [0.2, 0.25) is 0 Å². The lowest BCUT2D eigenvalue weighted by Gasteiger charge is -2.44. The molecule has 1 aliphatic carbocycles. The van der Waals surface area contributed by atoms with Crippen molar-refractivity contribution in [3.8, 4) is 5.75 Å². The van der Waals surface area contributed by atoms with E-state index in [-0.39, 0.29) is 10.8 Å². The summed E-state index contributed by atoms with van der Waals surface area (Å²) >= 11 is 0. The molecule has 0 N–H and O–H groups in total. The van der Waals surface area contributed by atoms with E-state index < -0.39 is 0 Å². The van der Waals surface area contributed by atoms with Gasteiger partial charge in [0.05, 0.1) is 14.2 Å². The average Bonchev–Trinajstić information content (AvgIpc) is 2.48. The van der Waals surface area contributed by atoms with Crippen LogP contribution in [-0.2, 0) is 10.2 Å².